The molecule has 0 fully saturated rings. The Labute approximate surface area is 119 Å². The SMILES string of the molecule is CSc1nc(N)nc2c1[nH]c(=O)n2Cc1ccccc1. The smallest absolute Gasteiger partial charge is 0.328 e. The van der Waals surface area contributed by atoms with Gasteiger partial charge in [-0.05, 0) is 11.8 Å². The van der Waals surface area contributed by atoms with Crippen molar-refractivity contribution in [2.45, 2.75) is 11.6 Å². The van der Waals surface area contributed by atoms with Crippen molar-refractivity contribution in [3.8, 4) is 0 Å². The number of nitrogens with one attached hydrogen (secondary N) is 1. The normalized spacial score (nSPS) is 11.1. The number of thioether (sulfide) groups is 1. The molecule has 0 saturated heterocycles. The van der Waals surface area contributed by atoms with Gasteiger partial charge in [-0.1, -0.05) is 30.3 Å². The number of hydrogen-bond acceptors (Lipinski definition) is 5. The lowest BCUT2D eigenvalue weighted by atomic mass is 10.2. The maximum absolute atomic E-state index is 12.1. The molecule has 0 bridgehead atoms. The third kappa shape index (κ3) is 2.16. The summed E-state index contributed by atoms with van der Waals surface area (Å²) in [4.78, 5) is 23.2. The number of anilines is 1. The Morgan fingerprint density at radius 2 is 2.05 bits per heavy atom. The summed E-state index contributed by atoms with van der Waals surface area (Å²) in [5.74, 6) is 0.169. The van der Waals surface area contributed by atoms with E-state index in [2.05, 4.69) is 15.0 Å². The zero-order valence-corrected chi connectivity index (χ0v) is 11.6. The minimum absolute atomic E-state index is 0.169. The number of nitrogen functional groups attached to an aromatic ring is 1. The first-order valence-corrected chi connectivity index (χ1v) is 7.25. The van der Waals surface area contributed by atoms with Crippen LogP contribution in [0, 0.1) is 0 Å². The Hall–Kier alpha value is -2.28. The molecule has 2 aromatic heterocycles. The highest BCUT2D eigenvalue weighted by Gasteiger charge is 2.14. The minimum Gasteiger partial charge on any atom is -0.368 e. The van der Waals surface area contributed by atoms with Gasteiger partial charge in [-0.15, -0.1) is 11.8 Å². The molecule has 7 heteroatoms. The molecular formula is C13H13N5OS. The van der Waals surface area contributed by atoms with E-state index >= 15 is 0 Å². The second-order valence-electron chi connectivity index (χ2n) is 4.29. The first-order chi connectivity index (χ1) is 9.69. The van der Waals surface area contributed by atoms with Crippen molar-refractivity contribution in [2.24, 2.45) is 0 Å². The average molecular weight is 287 g/mol. The number of H-pyrrole nitrogens is 1. The number of rotatable bonds is 3. The maximum atomic E-state index is 12.1. The van der Waals surface area contributed by atoms with Crippen molar-refractivity contribution >= 4 is 28.9 Å². The van der Waals surface area contributed by atoms with Crippen LogP contribution in [0.15, 0.2) is 40.2 Å². The molecule has 0 atom stereocenters. The summed E-state index contributed by atoms with van der Waals surface area (Å²) in [5, 5.41) is 0.677. The molecule has 0 spiro atoms. The Kier molecular flexibility index (Phi) is 3.19. The number of aromatic nitrogens is 4. The largest absolute Gasteiger partial charge is 0.368 e. The first-order valence-electron chi connectivity index (χ1n) is 6.03. The van der Waals surface area contributed by atoms with E-state index < -0.39 is 0 Å². The topological polar surface area (TPSA) is 89.6 Å². The second kappa shape index (κ2) is 5.01. The molecule has 0 aliphatic rings. The van der Waals surface area contributed by atoms with Crippen LogP contribution in [0.1, 0.15) is 5.56 Å². The van der Waals surface area contributed by atoms with Gasteiger partial charge in [0.25, 0.3) is 0 Å². The fraction of sp³-hybridized carbons (Fsp3) is 0.154. The summed E-state index contributed by atoms with van der Waals surface area (Å²) in [5.41, 5.74) is 7.69. The quantitative estimate of drug-likeness (QED) is 0.562. The van der Waals surface area contributed by atoms with Gasteiger partial charge in [-0.25, -0.2) is 9.78 Å². The van der Waals surface area contributed by atoms with Gasteiger partial charge in [0.2, 0.25) is 5.95 Å². The molecule has 0 aliphatic carbocycles. The van der Waals surface area contributed by atoms with E-state index in [4.69, 9.17) is 5.73 Å². The highest BCUT2D eigenvalue weighted by atomic mass is 32.2. The van der Waals surface area contributed by atoms with Gasteiger partial charge in [-0.2, -0.15) is 4.98 Å². The lowest BCUT2D eigenvalue weighted by Gasteiger charge is -2.04. The fourth-order valence-corrected chi connectivity index (χ4v) is 2.61. The van der Waals surface area contributed by atoms with Gasteiger partial charge in [0.05, 0.1) is 6.54 Å². The molecule has 3 N–H and O–H groups in total. The predicted octanol–water partition coefficient (Wildman–Crippen LogP) is 1.47. The van der Waals surface area contributed by atoms with Gasteiger partial charge in [-0.3, -0.25) is 4.57 Å². The molecule has 6 nitrogen and oxygen atoms in total. The standard InChI is InChI=1S/C13H13N5OS/c1-20-11-9-10(16-12(14)17-11)18(13(19)15-9)7-8-5-3-2-4-6-8/h2-6H,7H2,1H3,(H,15,19)(H2,14,16,17). The van der Waals surface area contributed by atoms with Crippen LogP contribution in [0.2, 0.25) is 0 Å². The molecule has 1 aromatic carbocycles. The van der Waals surface area contributed by atoms with Crippen LogP contribution in [-0.2, 0) is 6.54 Å². The highest BCUT2D eigenvalue weighted by Crippen LogP contribution is 2.21. The fourth-order valence-electron chi connectivity index (χ4n) is 2.08. The molecule has 0 unspecified atom stereocenters. The molecule has 102 valence electrons. The summed E-state index contributed by atoms with van der Waals surface area (Å²) >= 11 is 1.43. The lowest BCUT2D eigenvalue weighted by molar-refractivity contribution is 0.778. The zero-order chi connectivity index (χ0) is 14.1. The number of aromatic amines is 1. The maximum Gasteiger partial charge on any atom is 0.328 e. The van der Waals surface area contributed by atoms with Crippen LogP contribution in [-0.4, -0.2) is 25.8 Å². The molecule has 0 radical (unpaired) electrons. The second-order valence-corrected chi connectivity index (χ2v) is 5.09. The first kappa shape index (κ1) is 12.7. The molecular weight excluding hydrogens is 274 g/mol. The third-order valence-electron chi connectivity index (χ3n) is 2.98. The van der Waals surface area contributed by atoms with Crippen molar-refractivity contribution in [3.63, 3.8) is 0 Å². The van der Waals surface area contributed by atoms with Crippen molar-refractivity contribution in [1.29, 1.82) is 0 Å². The Morgan fingerprint density at radius 3 is 2.75 bits per heavy atom. The summed E-state index contributed by atoms with van der Waals surface area (Å²) < 4.78 is 1.57. The van der Waals surface area contributed by atoms with Crippen LogP contribution in [0.25, 0.3) is 11.2 Å². The van der Waals surface area contributed by atoms with Gasteiger partial charge >= 0.3 is 5.69 Å². The molecule has 3 aromatic rings. The highest BCUT2D eigenvalue weighted by molar-refractivity contribution is 7.98. The summed E-state index contributed by atoms with van der Waals surface area (Å²) in [7, 11) is 0. The number of benzene rings is 1. The molecule has 0 amide bonds. The Morgan fingerprint density at radius 1 is 1.30 bits per heavy atom. The summed E-state index contributed by atoms with van der Waals surface area (Å²) in [6.07, 6.45) is 1.88. The number of nitrogens with zero attached hydrogens (tertiary/aromatic N) is 3. The predicted molar refractivity (Wildman–Crippen MR) is 79.9 cm³/mol. The van der Waals surface area contributed by atoms with Crippen molar-refractivity contribution in [2.75, 3.05) is 12.0 Å². The van der Waals surface area contributed by atoms with Crippen molar-refractivity contribution in [3.05, 3.63) is 46.4 Å². The monoisotopic (exact) mass is 287 g/mol. The summed E-state index contributed by atoms with van der Waals surface area (Å²) in [6.45, 7) is 0.448. The van der Waals surface area contributed by atoms with Crippen LogP contribution >= 0.6 is 11.8 Å². The van der Waals surface area contributed by atoms with E-state index in [-0.39, 0.29) is 11.6 Å². The summed E-state index contributed by atoms with van der Waals surface area (Å²) in [6, 6.07) is 9.74. The zero-order valence-electron chi connectivity index (χ0n) is 10.8. The average Bonchev–Trinajstić information content (AvgIpc) is 2.76. The Bertz CT molecular complexity index is 809. The molecule has 0 saturated carbocycles. The number of fused-ring (bicyclic) bond motifs is 1. The number of nitrogens with two attached hydrogens (primary N) is 1. The van der Waals surface area contributed by atoms with Gasteiger partial charge < -0.3 is 10.7 Å². The molecule has 20 heavy (non-hydrogen) atoms. The molecule has 0 aliphatic heterocycles. The van der Waals surface area contributed by atoms with Crippen LogP contribution < -0.4 is 11.4 Å². The third-order valence-corrected chi connectivity index (χ3v) is 3.67. The lowest BCUT2D eigenvalue weighted by Crippen LogP contribution is -2.17. The van der Waals surface area contributed by atoms with Gasteiger partial charge in [0.1, 0.15) is 10.5 Å². The van der Waals surface area contributed by atoms with Crippen LogP contribution in [0.3, 0.4) is 0 Å². The molecule has 2 heterocycles. The van der Waals surface area contributed by atoms with E-state index in [9.17, 15) is 4.79 Å². The van der Waals surface area contributed by atoms with Gasteiger partial charge in [0, 0.05) is 0 Å². The van der Waals surface area contributed by atoms with E-state index in [1.54, 1.807) is 4.57 Å². The van der Waals surface area contributed by atoms with E-state index in [1.807, 2.05) is 36.6 Å². The minimum atomic E-state index is -0.209. The Balaban J connectivity index is 2.18. The number of hydrogen-bond donors (Lipinski definition) is 2. The van der Waals surface area contributed by atoms with Crippen LogP contribution in [0.5, 0.6) is 0 Å². The van der Waals surface area contributed by atoms with Gasteiger partial charge in [0.15, 0.2) is 5.65 Å². The molecule has 3 rings (SSSR count). The van der Waals surface area contributed by atoms with Crippen LogP contribution in [0.4, 0.5) is 5.95 Å². The van der Waals surface area contributed by atoms with E-state index in [1.165, 1.54) is 11.8 Å². The van der Waals surface area contributed by atoms with E-state index in [0.717, 1.165) is 5.56 Å². The van der Waals surface area contributed by atoms with Crippen molar-refractivity contribution < 1.29 is 0 Å². The number of imidazole rings is 1. The van der Waals surface area contributed by atoms with E-state index in [0.29, 0.717) is 22.7 Å². The van der Waals surface area contributed by atoms with Crippen molar-refractivity contribution in [1.82, 2.24) is 19.5 Å².